The largest absolute Gasteiger partial charge is 0.495 e. The minimum atomic E-state index is -0.241. The maximum absolute atomic E-state index is 13.5. The van der Waals surface area contributed by atoms with Gasteiger partial charge in [0, 0.05) is 23.9 Å². The summed E-state index contributed by atoms with van der Waals surface area (Å²) in [6.45, 7) is 4.91. The third-order valence-corrected chi connectivity index (χ3v) is 6.51. The first kappa shape index (κ1) is 22.8. The van der Waals surface area contributed by atoms with Crippen LogP contribution in [0.15, 0.2) is 55.0 Å². The van der Waals surface area contributed by atoms with Gasteiger partial charge in [0.2, 0.25) is 0 Å². The van der Waals surface area contributed by atoms with Crippen molar-refractivity contribution in [3.05, 3.63) is 77.6 Å². The summed E-state index contributed by atoms with van der Waals surface area (Å²) in [5.74, 6) is 1.33. The molecular formula is C27H28FN5O2. The molecule has 0 amide bonds. The lowest BCUT2D eigenvalue weighted by atomic mass is 9.96. The van der Waals surface area contributed by atoms with Crippen molar-refractivity contribution in [2.24, 2.45) is 0 Å². The van der Waals surface area contributed by atoms with E-state index in [-0.39, 0.29) is 11.9 Å². The van der Waals surface area contributed by atoms with E-state index >= 15 is 0 Å². The molecule has 2 aromatic carbocycles. The molecule has 0 radical (unpaired) electrons. The Bertz CT molecular complexity index is 1350. The smallest absolute Gasteiger partial charge is 0.318 e. The zero-order chi connectivity index (χ0) is 24.5. The normalized spacial score (nSPS) is 13.9. The molecule has 35 heavy (non-hydrogen) atoms. The van der Waals surface area contributed by atoms with Gasteiger partial charge in [-0.15, -0.1) is 0 Å². The molecule has 0 spiro atoms. The van der Waals surface area contributed by atoms with Crippen molar-refractivity contribution in [1.82, 2.24) is 19.5 Å². The Kier molecular flexibility index (Phi) is 6.11. The zero-order valence-corrected chi connectivity index (χ0v) is 20.3. The number of imidazole rings is 1. The monoisotopic (exact) mass is 473 g/mol. The summed E-state index contributed by atoms with van der Waals surface area (Å²) in [7, 11) is 3.24. The maximum Gasteiger partial charge on any atom is 0.318 e. The van der Waals surface area contributed by atoms with Crippen molar-refractivity contribution in [1.29, 1.82) is 0 Å². The van der Waals surface area contributed by atoms with E-state index < -0.39 is 0 Å². The van der Waals surface area contributed by atoms with E-state index in [1.54, 1.807) is 20.5 Å². The Morgan fingerprint density at radius 2 is 1.83 bits per heavy atom. The predicted molar refractivity (Wildman–Crippen MR) is 133 cm³/mol. The van der Waals surface area contributed by atoms with Crippen molar-refractivity contribution < 1.29 is 13.9 Å². The summed E-state index contributed by atoms with van der Waals surface area (Å²) in [4.78, 5) is 16.1. The van der Waals surface area contributed by atoms with Crippen LogP contribution in [-0.2, 0) is 6.42 Å². The lowest BCUT2D eigenvalue weighted by Gasteiger charge is -2.36. The number of ether oxygens (including phenoxy) is 2. The van der Waals surface area contributed by atoms with Gasteiger partial charge in [-0.05, 0) is 56.5 Å². The summed E-state index contributed by atoms with van der Waals surface area (Å²) in [6.07, 6.45) is 5.55. The zero-order valence-electron chi connectivity index (χ0n) is 20.3. The van der Waals surface area contributed by atoms with Crippen LogP contribution in [0.1, 0.15) is 36.2 Å². The number of aryl methyl sites for hydroxylation is 1. The number of nitrogens with zero attached hydrogens (tertiary/aromatic N) is 5. The molecule has 4 aromatic rings. The molecule has 7 nitrogen and oxygen atoms in total. The summed E-state index contributed by atoms with van der Waals surface area (Å²) in [5.41, 5.74) is 5.68. The Labute approximate surface area is 204 Å². The Morgan fingerprint density at radius 1 is 1.03 bits per heavy atom. The summed E-state index contributed by atoms with van der Waals surface area (Å²) in [6, 6.07) is 13.0. The van der Waals surface area contributed by atoms with Gasteiger partial charge in [-0.1, -0.05) is 18.2 Å². The van der Waals surface area contributed by atoms with Crippen LogP contribution in [0.5, 0.6) is 11.8 Å². The highest BCUT2D eigenvalue weighted by Crippen LogP contribution is 2.40. The highest BCUT2D eigenvalue weighted by molar-refractivity contribution is 5.73. The van der Waals surface area contributed by atoms with E-state index in [1.165, 1.54) is 12.1 Å². The van der Waals surface area contributed by atoms with Gasteiger partial charge in [-0.3, -0.25) is 0 Å². The number of hydrogen-bond acceptors (Lipinski definition) is 6. The van der Waals surface area contributed by atoms with E-state index in [2.05, 4.69) is 16.8 Å². The van der Waals surface area contributed by atoms with Gasteiger partial charge in [0.1, 0.15) is 17.4 Å². The fourth-order valence-corrected chi connectivity index (χ4v) is 4.67. The molecular weight excluding hydrogens is 445 g/mol. The minimum absolute atomic E-state index is 0.0171. The third kappa shape index (κ3) is 4.32. The van der Waals surface area contributed by atoms with Crippen LogP contribution in [0.25, 0.3) is 16.9 Å². The molecule has 0 bridgehead atoms. The van der Waals surface area contributed by atoms with E-state index in [0.29, 0.717) is 6.01 Å². The molecule has 8 heteroatoms. The SMILES string of the molecule is COc1nc(-c2ccc(-n3cnc(C)c3)c(OC)c2)c2c(n1)N(C(C)c1ccc(F)cc1)CCC2. The highest BCUT2D eigenvalue weighted by atomic mass is 19.1. The van der Waals surface area contributed by atoms with Crippen LogP contribution in [0.3, 0.4) is 0 Å². The lowest BCUT2D eigenvalue weighted by Crippen LogP contribution is -2.33. The van der Waals surface area contributed by atoms with Crippen molar-refractivity contribution in [3.8, 4) is 28.7 Å². The van der Waals surface area contributed by atoms with Gasteiger partial charge in [-0.25, -0.2) is 9.37 Å². The summed E-state index contributed by atoms with van der Waals surface area (Å²) < 4.78 is 26.7. The Balaban J connectivity index is 1.59. The topological polar surface area (TPSA) is 65.3 Å². The maximum atomic E-state index is 13.5. The van der Waals surface area contributed by atoms with Gasteiger partial charge < -0.3 is 18.9 Å². The number of hydrogen-bond donors (Lipinski definition) is 0. The van der Waals surface area contributed by atoms with Gasteiger partial charge in [-0.2, -0.15) is 9.97 Å². The molecule has 1 unspecified atom stereocenters. The first-order chi connectivity index (χ1) is 17.0. The molecule has 0 N–H and O–H groups in total. The quantitative estimate of drug-likeness (QED) is 0.378. The third-order valence-electron chi connectivity index (χ3n) is 6.51. The fraction of sp³-hybridized carbons (Fsp3) is 0.296. The number of benzene rings is 2. The number of rotatable bonds is 6. The summed E-state index contributed by atoms with van der Waals surface area (Å²) in [5, 5.41) is 0. The van der Waals surface area contributed by atoms with E-state index in [1.807, 2.05) is 48.0 Å². The molecule has 1 atom stereocenters. The number of methoxy groups -OCH3 is 2. The average molecular weight is 474 g/mol. The molecule has 0 saturated carbocycles. The molecule has 2 aromatic heterocycles. The van der Waals surface area contributed by atoms with Crippen LogP contribution >= 0.6 is 0 Å². The van der Waals surface area contributed by atoms with Crippen LogP contribution in [-0.4, -0.2) is 40.3 Å². The molecule has 0 fully saturated rings. The molecule has 0 saturated heterocycles. The number of anilines is 1. The molecule has 0 aliphatic carbocycles. The standard InChI is InChI=1S/C27H28FN5O2/c1-17-15-32(16-29-17)23-12-9-20(14-24(23)34-3)25-22-6-5-13-33(26(22)31-27(30-25)35-4)18(2)19-7-10-21(28)11-8-19/h7-12,14-16,18H,5-6,13H2,1-4H3. The van der Waals surface area contributed by atoms with Crippen LogP contribution in [0.4, 0.5) is 10.2 Å². The predicted octanol–water partition coefficient (Wildman–Crippen LogP) is 5.31. The van der Waals surface area contributed by atoms with E-state index in [4.69, 9.17) is 19.4 Å². The van der Waals surface area contributed by atoms with Crippen LogP contribution in [0, 0.1) is 12.7 Å². The number of halogens is 1. The van der Waals surface area contributed by atoms with Gasteiger partial charge >= 0.3 is 6.01 Å². The fourth-order valence-electron chi connectivity index (χ4n) is 4.67. The molecule has 5 rings (SSSR count). The first-order valence-corrected chi connectivity index (χ1v) is 11.6. The summed E-state index contributed by atoms with van der Waals surface area (Å²) >= 11 is 0. The second-order valence-corrected chi connectivity index (χ2v) is 8.69. The molecule has 1 aliphatic rings. The number of aromatic nitrogens is 4. The Morgan fingerprint density at radius 3 is 2.51 bits per heavy atom. The molecule has 180 valence electrons. The van der Waals surface area contributed by atoms with Gasteiger partial charge in [0.25, 0.3) is 0 Å². The molecule has 3 heterocycles. The Hall–Kier alpha value is -3.94. The van der Waals surface area contributed by atoms with E-state index in [9.17, 15) is 4.39 Å². The number of fused-ring (bicyclic) bond motifs is 1. The van der Waals surface area contributed by atoms with Crippen molar-refractivity contribution in [3.63, 3.8) is 0 Å². The van der Waals surface area contributed by atoms with Crippen molar-refractivity contribution in [2.75, 3.05) is 25.7 Å². The lowest BCUT2D eigenvalue weighted by molar-refractivity contribution is 0.378. The average Bonchev–Trinajstić information content (AvgIpc) is 3.33. The minimum Gasteiger partial charge on any atom is -0.495 e. The van der Waals surface area contributed by atoms with Crippen LogP contribution in [0.2, 0.25) is 0 Å². The molecule has 1 aliphatic heterocycles. The first-order valence-electron chi connectivity index (χ1n) is 11.6. The highest BCUT2D eigenvalue weighted by Gasteiger charge is 2.28. The van der Waals surface area contributed by atoms with Crippen LogP contribution < -0.4 is 14.4 Å². The van der Waals surface area contributed by atoms with Gasteiger partial charge in [0.15, 0.2) is 0 Å². The van der Waals surface area contributed by atoms with Crippen molar-refractivity contribution in [2.45, 2.75) is 32.7 Å². The van der Waals surface area contributed by atoms with Crippen molar-refractivity contribution >= 4 is 5.82 Å². The second-order valence-electron chi connectivity index (χ2n) is 8.69. The van der Waals surface area contributed by atoms with E-state index in [0.717, 1.165) is 64.7 Å². The van der Waals surface area contributed by atoms with Gasteiger partial charge in [0.05, 0.1) is 43.7 Å². The second kappa shape index (κ2) is 9.37.